The average Bonchev–Trinajstić information content (AvgIpc) is 2.36. The van der Waals surface area contributed by atoms with Crippen molar-refractivity contribution in [3.63, 3.8) is 0 Å². The molecule has 0 amide bonds. The number of aliphatic hydroxyl groups is 1. The van der Waals surface area contributed by atoms with Crippen LogP contribution in [-0.4, -0.2) is 37.5 Å². The lowest BCUT2D eigenvalue weighted by Gasteiger charge is -2.22. The van der Waals surface area contributed by atoms with E-state index in [0.29, 0.717) is 5.69 Å². The van der Waals surface area contributed by atoms with Gasteiger partial charge in [-0.25, -0.2) is 8.42 Å². The standard InChI is InChI=1S/C10H17N3O3S/c1-8(7-14)13(2)17(15,16)10-5-3-9(12-11)4-6-10/h3-6,8,12,14H,7,11H2,1-2H3. The van der Waals surface area contributed by atoms with Gasteiger partial charge in [-0.05, 0) is 31.2 Å². The van der Waals surface area contributed by atoms with Crippen molar-refractivity contribution in [2.24, 2.45) is 5.84 Å². The molecule has 0 saturated heterocycles. The van der Waals surface area contributed by atoms with Crippen LogP contribution in [0, 0.1) is 0 Å². The maximum absolute atomic E-state index is 12.1. The zero-order valence-electron chi connectivity index (χ0n) is 9.79. The molecular weight excluding hydrogens is 242 g/mol. The van der Waals surface area contributed by atoms with Crippen LogP contribution in [0.3, 0.4) is 0 Å². The van der Waals surface area contributed by atoms with Gasteiger partial charge in [-0.15, -0.1) is 0 Å². The van der Waals surface area contributed by atoms with Gasteiger partial charge in [0.15, 0.2) is 0 Å². The number of rotatable bonds is 5. The second kappa shape index (κ2) is 5.46. The maximum atomic E-state index is 12.1. The summed E-state index contributed by atoms with van der Waals surface area (Å²) >= 11 is 0. The molecule has 0 radical (unpaired) electrons. The first-order chi connectivity index (χ1) is 7.93. The molecule has 6 nitrogen and oxygen atoms in total. The van der Waals surface area contributed by atoms with Crippen LogP contribution in [-0.2, 0) is 10.0 Å². The lowest BCUT2D eigenvalue weighted by molar-refractivity contribution is 0.214. The molecule has 0 aliphatic rings. The molecule has 0 fully saturated rings. The fourth-order valence-electron chi connectivity index (χ4n) is 1.24. The summed E-state index contributed by atoms with van der Waals surface area (Å²) in [6.07, 6.45) is 0. The van der Waals surface area contributed by atoms with Crippen LogP contribution >= 0.6 is 0 Å². The van der Waals surface area contributed by atoms with Crippen LogP contribution in [0.4, 0.5) is 5.69 Å². The van der Waals surface area contributed by atoms with E-state index in [4.69, 9.17) is 10.9 Å². The van der Waals surface area contributed by atoms with Crippen molar-refractivity contribution in [2.45, 2.75) is 17.9 Å². The molecule has 0 bridgehead atoms. The number of nitrogens with one attached hydrogen (secondary N) is 1. The van der Waals surface area contributed by atoms with Gasteiger partial charge in [0.05, 0.1) is 11.5 Å². The molecule has 0 aromatic heterocycles. The average molecular weight is 259 g/mol. The molecule has 1 aromatic rings. The highest BCUT2D eigenvalue weighted by atomic mass is 32.2. The predicted octanol–water partition coefficient (Wildman–Crippen LogP) is -0.0265. The minimum atomic E-state index is -3.57. The summed E-state index contributed by atoms with van der Waals surface area (Å²) in [6.45, 7) is 1.41. The van der Waals surface area contributed by atoms with E-state index < -0.39 is 16.1 Å². The van der Waals surface area contributed by atoms with Crippen molar-refractivity contribution in [3.05, 3.63) is 24.3 Å². The zero-order valence-corrected chi connectivity index (χ0v) is 10.6. The van der Waals surface area contributed by atoms with Crippen molar-refractivity contribution in [1.29, 1.82) is 0 Å². The fraction of sp³-hybridized carbons (Fsp3) is 0.400. The first-order valence-corrected chi connectivity index (χ1v) is 6.53. The van der Waals surface area contributed by atoms with Crippen LogP contribution in [0.15, 0.2) is 29.2 Å². The van der Waals surface area contributed by atoms with E-state index in [1.807, 2.05) is 0 Å². The number of nitrogens with zero attached hydrogens (tertiary/aromatic N) is 1. The van der Waals surface area contributed by atoms with Crippen molar-refractivity contribution in [1.82, 2.24) is 4.31 Å². The number of hydrogen-bond acceptors (Lipinski definition) is 5. The topological polar surface area (TPSA) is 95.7 Å². The summed E-state index contributed by atoms with van der Waals surface area (Å²) in [6, 6.07) is 5.61. The number of sulfonamides is 1. The van der Waals surface area contributed by atoms with Crippen LogP contribution in [0.2, 0.25) is 0 Å². The number of hydrogen-bond donors (Lipinski definition) is 3. The Labute approximate surface area is 101 Å². The lowest BCUT2D eigenvalue weighted by atomic mass is 10.3. The molecular formula is C10H17N3O3S. The van der Waals surface area contributed by atoms with Gasteiger partial charge >= 0.3 is 0 Å². The number of benzene rings is 1. The monoisotopic (exact) mass is 259 g/mol. The third-order valence-corrected chi connectivity index (χ3v) is 4.57. The van der Waals surface area contributed by atoms with Gasteiger partial charge in [0.2, 0.25) is 10.0 Å². The second-order valence-corrected chi connectivity index (χ2v) is 5.72. The first-order valence-electron chi connectivity index (χ1n) is 5.09. The van der Waals surface area contributed by atoms with Gasteiger partial charge in [-0.2, -0.15) is 4.31 Å². The van der Waals surface area contributed by atoms with E-state index >= 15 is 0 Å². The zero-order chi connectivity index (χ0) is 13.1. The number of aliphatic hydroxyl groups excluding tert-OH is 1. The SMILES string of the molecule is CC(CO)N(C)S(=O)(=O)c1ccc(NN)cc1. The number of likely N-dealkylation sites (N-methyl/N-ethyl adjacent to an activating group) is 1. The molecule has 1 aromatic carbocycles. The van der Waals surface area contributed by atoms with Gasteiger partial charge in [0.1, 0.15) is 0 Å². The fourth-order valence-corrected chi connectivity index (χ4v) is 2.59. The second-order valence-electron chi connectivity index (χ2n) is 3.72. The summed E-state index contributed by atoms with van der Waals surface area (Å²) in [5.74, 6) is 5.20. The van der Waals surface area contributed by atoms with Crippen molar-refractivity contribution in [2.75, 3.05) is 19.1 Å². The Morgan fingerprint density at radius 3 is 2.35 bits per heavy atom. The van der Waals surface area contributed by atoms with Gasteiger partial charge in [0.25, 0.3) is 0 Å². The third kappa shape index (κ3) is 2.95. The largest absolute Gasteiger partial charge is 0.395 e. The molecule has 7 heteroatoms. The normalized spacial score (nSPS) is 13.7. The maximum Gasteiger partial charge on any atom is 0.243 e. The van der Waals surface area contributed by atoms with Gasteiger partial charge in [0, 0.05) is 18.8 Å². The van der Waals surface area contributed by atoms with Crippen molar-refractivity contribution >= 4 is 15.7 Å². The Bertz CT molecular complexity index is 458. The highest BCUT2D eigenvalue weighted by molar-refractivity contribution is 7.89. The van der Waals surface area contributed by atoms with Crippen LogP contribution in [0.25, 0.3) is 0 Å². The van der Waals surface area contributed by atoms with E-state index in [2.05, 4.69) is 5.43 Å². The molecule has 0 aliphatic heterocycles. The summed E-state index contributed by atoms with van der Waals surface area (Å²) in [5, 5.41) is 8.96. The van der Waals surface area contributed by atoms with Gasteiger partial charge in [-0.1, -0.05) is 0 Å². The summed E-state index contributed by atoms with van der Waals surface area (Å²) in [4.78, 5) is 0.166. The number of hydrazine groups is 1. The molecule has 0 aliphatic carbocycles. The van der Waals surface area contributed by atoms with Crippen LogP contribution < -0.4 is 11.3 Å². The van der Waals surface area contributed by atoms with Crippen molar-refractivity contribution in [3.8, 4) is 0 Å². The Hall–Kier alpha value is -1.15. The lowest BCUT2D eigenvalue weighted by Crippen LogP contribution is -2.37. The van der Waals surface area contributed by atoms with E-state index in [1.165, 1.54) is 19.2 Å². The van der Waals surface area contributed by atoms with Gasteiger partial charge in [-0.3, -0.25) is 5.84 Å². The minimum Gasteiger partial charge on any atom is -0.395 e. The minimum absolute atomic E-state index is 0.166. The Kier molecular flexibility index (Phi) is 4.47. The molecule has 1 atom stereocenters. The Morgan fingerprint density at radius 1 is 1.41 bits per heavy atom. The van der Waals surface area contributed by atoms with Crippen LogP contribution in [0.5, 0.6) is 0 Å². The smallest absolute Gasteiger partial charge is 0.243 e. The first kappa shape index (κ1) is 13.9. The van der Waals surface area contributed by atoms with E-state index in [0.717, 1.165) is 4.31 Å². The molecule has 1 rings (SSSR count). The third-order valence-electron chi connectivity index (χ3n) is 2.58. The molecule has 0 spiro atoms. The molecule has 1 unspecified atom stereocenters. The molecule has 0 saturated carbocycles. The summed E-state index contributed by atoms with van der Waals surface area (Å²) < 4.78 is 25.3. The highest BCUT2D eigenvalue weighted by Gasteiger charge is 2.24. The van der Waals surface area contributed by atoms with Crippen LogP contribution in [0.1, 0.15) is 6.92 Å². The summed E-state index contributed by atoms with van der Waals surface area (Å²) in [7, 11) is -2.13. The molecule has 4 N–H and O–H groups in total. The quantitative estimate of drug-likeness (QED) is 0.510. The number of nitrogens with two attached hydrogens (primary N) is 1. The van der Waals surface area contributed by atoms with E-state index in [1.54, 1.807) is 19.1 Å². The highest BCUT2D eigenvalue weighted by Crippen LogP contribution is 2.18. The number of anilines is 1. The van der Waals surface area contributed by atoms with E-state index in [-0.39, 0.29) is 11.5 Å². The Balaban J connectivity index is 3.04. The predicted molar refractivity (Wildman–Crippen MR) is 65.7 cm³/mol. The van der Waals surface area contributed by atoms with Crippen molar-refractivity contribution < 1.29 is 13.5 Å². The molecule has 17 heavy (non-hydrogen) atoms. The summed E-state index contributed by atoms with van der Waals surface area (Å²) in [5.41, 5.74) is 3.05. The van der Waals surface area contributed by atoms with E-state index in [9.17, 15) is 8.42 Å². The van der Waals surface area contributed by atoms with Gasteiger partial charge < -0.3 is 10.5 Å². The Morgan fingerprint density at radius 2 is 1.94 bits per heavy atom. The molecule has 0 heterocycles. The molecule has 96 valence electrons. The number of nitrogen functional groups attached to an aromatic ring is 1.